The summed E-state index contributed by atoms with van der Waals surface area (Å²) in [6.07, 6.45) is 1.37. The van der Waals surface area contributed by atoms with Crippen molar-refractivity contribution in [2.24, 2.45) is 0 Å². The maximum atomic E-state index is 12.8. The molecule has 0 saturated heterocycles. The molecule has 0 atom stereocenters. The Balaban J connectivity index is 1.94. The van der Waals surface area contributed by atoms with E-state index in [0.29, 0.717) is 4.47 Å². The second-order valence-electron chi connectivity index (χ2n) is 5.84. The number of benzene rings is 2. The number of rotatable bonds is 7. The largest absolute Gasteiger partial charge is 0.495 e. The van der Waals surface area contributed by atoms with Crippen molar-refractivity contribution in [3.05, 3.63) is 82.5 Å². The standard InChI is InChI=1S/C20H17BrN2O5S/c1-27-19-15(21)10-11-16(23-29(25,26)17-9-5-6-12-22-17)18(19)20(24)28-13-14-7-3-2-4-8-14/h2-12,23H,13H2,1H3. The first-order valence-electron chi connectivity index (χ1n) is 8.44. The van der Waals surface area contributed by atoms with Gasteiger partial charge in [0.2, 0.25) is 0 Å². The Morgan fingerprint density at radius 2 is 1.79 bits per heavy atom. The first-order chi connectivity index (χ1) is 13.9. The van der Waals surface area contributed by atoms with E-state index >= 15 is 0 Å². The Kier molecular flexibility index (Phi) is 6.50. The Morgan fingerprint density at radius 1 is 1.07 bits per heavy atom. The number of esters is 1. The second kappa shape index (κ2) is 9.06. The lowest BCUT2D eigenvalue weighted by Gasteiger charge is -2.16. The van der Waals surface area contributed by atoms with Gasteiger partial charge in [0.05, 0.1) is 17.3 Å². The Labute approximate surface area is 176 Å². The summed E-state index contributed by atoms with van der Waals surface area (Å²) < 4.78 is 38.9. The fourth-order valence-corrected chi connectivity index (χ4v) is 4.06. The number of ether oxygens (including phenoxy) is 2. The summed E-state index contributed by atoms with van der Waals surface area (Å²) >= 11 is 3.31. The van der Waals surface area contributed by atoms with E-state index in [4.69, 9.17) is 9.47 Å². The number of sulfonamides is 1. The number of nitrogens with zero attached hydrogens (tertiary/aromatic N) is 1. The van der Waals surface area contributed by atoms with E-state index in [-0.39, 0.29) is 28.6 Å². The normalized spacial score (nSPS) is 11.0. The van der Waals surface area contributed by atoms with Crippen molar-refractivity contribution in [1.82, 2.24) is 4.98 Å². The molecule has 7 nitrogen and oxygen atoms in total. The van der Waals surface area contributed by atoms with Crippen LogP contribution in [0, 0.1) is 0 Å². The fourth-order valence-electron chi connectivity index (χ4n) is 2.54. The van der Waals surface area contributed by atoms with Crippen molar-refractivity contribution in [1.29, 1.82) is 0 Å². The highest BCUT2D eigenvalue weighted by molar-refractivity contribution is 9.10. The van der Waals surface area contributed by atoms with Crippen molar-refractivity contribution in [3.63, 3.8) is 0 Å². The number of aromatic nitrogens is 1. The van der Waals surface area contributed by atoms with E-state index < -0.39 is 16.0 Å². The molecular weight excluding hydrogens is 460 g/mol. The first kappa shape index (κ1) is 20.8. The van der Waals surface area contributed by atoms with Crippen LogP contribution < -0.4 is 9.46 Å². The van der Waals surface area contributed by atoms with Gasteiger partial charge in [0.1, 0.15) is 17.9 Å². The van der Waals surface area contributed by atoms with E-state index in [1.54, 1.807) is 18.2 Å². The third-order valence-corrected chi connectivity index (χ3v) is 5.79. The summed E-state index contributed by atoms with van der Waals surface area (Å²) in [4.78, 5) is 16.7. The predicted octanol–water partition coefficient (Wildman–Crippen LogP) is 4.01. The van der Waals surface area contributed by atoms with Crippen molar-refractivity contribution in [2.75, 3.05) is 11.8 Å². The molecule has 0 aliphatic heterocycles. The molecule has 2 aromatic carbocycles. The van der Waals surface area contributed by atoms with Crippen LogP contribution in [0.1, 0.15) is 15.9 Å². The molecule has 0 fully saturated rings. The van der Waals surface area contributed by atoms with E-state index in [1.807, 2.05) is 30.3 Å². The summed E-state index contributed by atoms with van der Waals surface area (Å²) in [6, 6.07) is 16.7. The number of nitrogens with one attached hydrogen (secondary N) is 1. The van der Waals surface area contributed by atoms with Crippen molar-refractivity contribution in [3.8, 4) is 5.75 Å². The number of pyridine rings is 1. The number of carbonyl (C=O) groups excluding carboxylic acids is 1. The molecule has 1 N–H and O–H groups in total. The van der Waals surface area contributed by atoms with Gasteiger partial charge in [-0.2, -0.15) is 8.42 Å². The van der Waals surface area contributed by atoms with Crippen LogP contribution in [0.15, 0.2) is 76.4 Å². The van der Waals surface area contributed by atoms with Gasteiger partial charge in [-0.1, -0.05) is 36.4 Å². The van der Waals surface area contributed by atoms with Gasteiger partial charge >= 0.3 is 5.97 Å². The summed E-state index contributed by atoms with van der Waals surface area (Å²) in [5.41, 5.74) is 0.775. The average molecular weight is 477 g/mol. The second-order valence-corrected chi connectivity index (χ2v) is 8.32. The van der Waals surface area contributed by atoms with Crippen molar-refractivity contribution < 1.29 is 22.7 Å². The monoisotopic (exact) mass is 476 g/mol. The highest BCUT2D eigenvalue weighted by Gasteiger charge is 2.25. The predicted molar refractivity (Wildman–Crippen MR) is 111 cm³/mol. The molecule has 0 unspecified atom stereocenters. The van der Waals surface area contributed by atoms with Crippen LogP contribution >= 0.6 is 15.9 Å². The summed E-state index contributed by atoms with van der Waals surface area (Å²) in [6.45, 7) is 0.0295. The molecule has 3 rings (SSSR count). The van der Waals surface area contributed by atoms with Crippen LogP contribution in [0.5, 0.6) is 5.75 Å². The van der Waals surface area contributed by atoms with Gasteiger partial charge in [0, 0.05) is 6.20 Å². The summed E-state index contributed by atoms with van der Waals surface area (Å²) in [5, 5.41) is -0.175. The van der Waals surface area contributed by atoms with Crippen LogP contribution in [0.25, 0.3) is 0 Å². The molecule has 3 aromatic rings. The van der Waals surface area contributed by atoms with Crippen LogP contribution in [0.3, 0.4) is 0 Å². The lowest BCUT2D eigenvalue weighted by molar-refractivity contribution is 0.0470. The van der Waals surface area contributed by atoms with Gasteiger partial charge in [0.25, 0.3) is 10.0 Å². The molecule has 9 heteroatoms. The molecule has 0 aliphatic carbocycles. The van der Waals surface area contributed by atoms with E-state index in [9.17, 15) is 13.2 Å². The van der Waals surface area contributed by atoms with Gasteiger partial charge in [-0.05, 0) is 45.8 Å². The van der Waals surface area contributed by atoms with E-state index in [1.165, 1.54) is 25.4 Å². The highest BCUT2D eigenvalue weighted by Crippen LogP contribution is 2.36. The number of hydrogen-bond donors (Lipinski definition) is 1. The molecule has 0 bridgehead atoms. The molecule has 1 aromatic heterocycles. The summed E-state index contributed by atoms with van der Waals surface area (Å²) in [7, 11) is -2.63. The lowest BCUT2D eigenvalue weighted by atomic mass is 10.1. The van der Waals surface area contributed by atoms with Crippen molar-refractivity contribution >= 4 is 37.6 Å². The minimum atomic E-state index is -4.01. The minimum Gasteiger partial charge on any atom is -0.495 e. The van der Waals surface area contributed by atoms with Gasteiger partial charge in [-0.25, -0.2) is 9.78 Å². The smallest absolute Gasteiger partial charge is 0.344 e. The van der Waals surface area contributed by atoms with Gasteiger partial charge < -0.3 is 9.47 Å². The van der Waals surface area contributed by atoms with Gasteiger partial charge in [-0.3, -0.25) is 4.72 Å². The maximum absolute atomic E-state index is 12.8. The maximum Gasteiger partial charge on any atom is 0.344 e. The van der Waals surface area contributed by atoms with E-state index in [0.717, 1.165) is 5.56 Å². The molecule has 0 spiro atoms. The molecule has 0 saturated carbocycles. The highest BCUT2D eigenvalue weighted by atomic mass is 79.9. The summed E-state index contributed by atoms with van der Waals surface area (Å²) in [5.74, 6) is -0.574. The Morgan fingerprint density at radius 3 is 2.45 bits per heavy atom. The van der Waals surface area contributed by atoms with Crippen LogP contribution in [-0.2, 0) is 21.4 Å². The van der Waals surface area contributed by atoms with E-state index in [2.05, 4.69) is 25.6 Å². The number of hydrogen-bond acceptors (Lipinski definition) is 6. The third-order valence-electron chi connectivity index (χ3n) is 3.89. The third kappa shape index (κ3) is 4.93. The number of halogens is 1. The fraction of sp³-hybridized carbons (Fsp3) is 0.100. The minimum absolute atomic E-state index is 0.0220. The van der Waals surface area contributed by atoms with Gasteiger partial charge in [0.15, 0.2) is 5.03 Å². The number of methoxy groups -OCH3 is 1. The topological polar surface area (TPSA) is 94.6 Å². The quantitative estimate of drug-likeness (QED) is 0.517. The SMILES string of the molecule is COc1c(Br)ccc(NS(=O)(=O)c2ccccn2)c1C(=O)OCc1ccccc1. The zero-order valence-corrected chi connectivity index (χ0v) is 17.7. The molecule has 1 heterocycles. The molecule has 150 valence electrons. The van der Waals surface area contributed by atoms with Gasteiger partial charge in [-0.15, -0.1) is 0 Å². The lowest BCUT2D eigenvalue weighted by Crippen LogP contribution is -2.18. The molecule has 29 heavy (non-hydrogen) atoms. The van der Waals surface area contributed by atoms with Crippen LogP contribution in [0.2, 0.25) is 0 Å². The molecule has 0 aliphatic rings. The number of anilines is 1. The molecular formula is C20H17BrN2O5S. The molecule has 0 radical (unpaired) electrons. The van der Waals surface area contributed by atoms with Crippen LogP contribution in [0.4, 0.5) is 5.69 Å². The Hall–Kier alpha value is -2.91. The van der Waals surface area contributed by atoms with Crippen LogP contribution in [-0.4, -0.2) is 26.5 Å². The first-order valence-corrected chi connectivity index (χ1v) is 10.7. The number of carbonyl (C=O) groups is 1. The zero-order chi connectivity index (χ0) is 20.9. The average Bonchev–Trinajstić information content (AvgIpc) is 2.74. The zero-order valence-electron chi connectivity index (χ0n) is 15.3. The van der Waals surface area contributed by atoms with Crippen molar-refractivity contribution in [2.45, 2.75) is 11.6 Å². The molecule has 0 amide bonds. The Bertz CT molecular complexity index is 1110.